The number of nitrogens with two attached hydrogens (primary N) is 1. The molecule has 0 saturated carbocycles. The molecule has 0 amide bonds. The number of ether oxygens (including phenoxy) is 1. The number of para-hydroxylation sites is 1. The largest absolute Gasteiger partial charge is 0.504 e. The summed E-state index contributed by atoms with van der Waals surface area (Å²) in [5, 5.41) is 18.7. The Bertz CT molecular complexity index is 370. The van der Waals surface area contributed by atoms with Crippen molar-refractivity contribution in [3.05, 3.63) is 23.8 Å². The normalized spacial score (nSPS) is 11.4. The molecule has 0 heterocycles. The lowest BCUT2D eigenvalue weighted by Gasteiger charge is -2.12. The lowest BCUT2D eigenvalue weighted by atomic mass is 10.0. The fraction of sp³-hybridized carbons (Fsp3) is 0.300. The van der Waals surface area contributed by atoms with Crippen LogP contribution in [0.25, 0.3) is 0 Å². The van der Waals surface area contributed by atoms with E-state index in [-0.39, 0.29) is 30.3 Å². The van der Waals surface area contributed by atoms with Gasteiger partial charge in [0.25, 0.3) is 0 Å². The Balaban J connectivity index is 0.00000225. The second kappa shape index (κ2) is 6.19. The summed E-state index contributed by atoms with van der Waals surface area (Å²) >= 11 is 0. The van der Waals surface area contributed by atoms with E-state index in [0.717, 1.165) is 0 Å². The number of phenolic OH excluding ortho intramolecular Hbond substituents is 2. The summed E-state index contributed by atoms with van der Waals surface area (Å²) in [5.41, 5.74) is 5.99. The van der Waals surface area contributed by atoms with E-state index >= 15 is 0 Å². The van der Waals surface area contributed by atoms with Gasteiger partial charge in [0.15, 0.2) is 11.5 Å². The lowest BCUT2D eigenvalue weighted by molar-refractivity contribution is -0.141. The molecular formula is C10H14ClNO4. The van der Waals surface area contributed by atoms with Crippen molar-refractivity contribution in [3.63, 3.8) is 0 Å². The number of carbonyl (C=O) groups is 1. The van der Waals surface area contributed by atoms with E-state index < -0.39 is 12.0 Å². The molecule has 90 valence electrons. The predicted molar refractivity (Wildman–Crippen MR) is 60.6 cm³/mol. The maximum absolute atomic E-state index is 10.9. The van der Waals surface area contributed by atoms with Gasteiger partial charge >= 0.3 is 5.97 Å². The fourth-order valence-corrected chi connectivity index (χ4v) is 1.22. The average molecular weight is 248 g/mol. The number of phenols is 2. The van der Waals surface area contributed by atoms with Crippen LogP contribution in [0.4, 0.5) is 0 Å². The number of benzene rings is 1. The molecule has 5 nitrogen and oxygen atoms in total. The summed E-state index contributed by atoms with van der Waals surface area (Å²) in [7, 11) is 1.26. The molecule has 0 radical (unpaired) electrons. The fourth-order valence-electron chi connectivity index (χ4n) is 1.22. The molecule has 0 bridgehead atoms. The van der Waals surface area contributed by atoms with Gasteiger partial charge in [-0.15, -0.1) is 12.4 Å². The molecule has 1 atom stereocenters. The lowest BCUT2D eigenvalue weighted by Crippen LogP contribution is -2.16. The van der Waals surface area contributed by atoms with Gasteiger partial charge in [-0.25, -0.2) is 0 Å². The van der Waals surface area contributed by atoms with Crippen molar-refractivity contribution in [1.29, 1.82) is 0 Å². The number of hydrogen-bond donors (Lipinski definition) is 3. The van der Waals surface area contributed by atoms with Crippen molar-refractivity contribution >= 4 is 18.4 Å². The van der Waals surface area contributed by atoms with E-state index in [1.807, 2.05) is 0 Å². The molecule has 1 aromatic carbocycles. The van der Waals surface area contributed by atoms with Gasteiger partial charge in [-0.3, -0.25) is 4.79 Å². The van der Waals surface area contributed by atoms with Crippen LogP contribution in [0.15, 0.2) is 18.2 Å². The summed E-state index contributed by atoms with van der Waals surface area (Å²) < 4.78 is 4.45. The molecular weight excluding hydrogens is 234 g/mol. The van der Waals surface area contributed by atoms with Gasteiger partial charge < -0.3 is 20.7 Å². The van der Waals surface area contributed by atoms with Gasteiger partial charge in [-0.2, -0.15) is 0 Å². The molecule has 16 heavy (non-hydrogen) atoms. The smallest absolute Gasteiger partial charge is 0.307 e. The van der Waals surface area contributed by atoms with E-state index in [1.165, 1.54) is 13.2 Å². The van der Waals surface area contributed by atoms with Crippen LogP contribution in [0.5, 0.6) is 11.5 Å². The summed E-state index contributed by atoms with van der Waals surface area (Å²) in [5.74, 6) is -1.02. The molecule has 0 aliphatic carbocycles. The molecule has 1 aromatic rings. The molecule has 0 saturated heterocycles. The zero-order valence-corrected chi connectivity index (χ0v) is 9.53. The SMILES string of the molecule is COC(=O)C[C@H](N)c1cccc(O)c1O.Cl. The quantitative estimate of drug-likeness (QED) is 0.549. The Morgan fingerprint density at radius 1 is 1.50 bits per heavy atom. The summed E-state index contributed by atoms with van der Waals surface area (Å²) in [6.45, 7) is 0. The maximum atomic E-state index is 10.9. The Morgan fingerprint density at radius 2 is 2.12 bits per heavy atom. The molecule has 0 spiro atoms. The topological polar surface area (TPSA) is 92.8 Å². The van der Waals surface area contributed by atoms with E-state index in [2.05, 4.69) is 4.74 Å². The first kappa shape index (κ1) is 14.5. The minimum atomic E-state index is -0.690. The highest BCUT2D eigenvalue weighted by Gasteiger charge is 2.16. The third-order valence-corrected chi connectivity index (χ3v) is 2.06. The third-order valence-electron chi connectivity index (χ3n) is 2.06. The van der Waals surface area contributed by atoms with Gasteiger partial charge in [0.05, 0.1) is 13.5 Å². The van der Waals surface area contributed by atoms with E-state index in [0.29, 0.717) is 5.56 Å². The Hall–Kier alpha value is -1.46. The van der Waals surface area contributed by atoms with Crippen LogP contribution in [0.2, 0.25) is 0 Å². The molecule has 0 fully saturated rings. The molecule has 0 unspecified atom stereocenters. The molecule has 0 aliphatic rings. The molecule has 6 heteroatoms. The van der Waals surface area contributed by atoms with Crippen LogP contribution in [-0.4, -0.2) is 23.3 Å². The maximum Gasteiger partial charge on any atom is 0.307 e. The summed E-state index contributed by atoms with van der Waals surface area (Å²) in [4.78, 5) is 10.9. The van der Waals surface area contributed by atoms with Crippen molar-refractivity contribution in [2.75, 3.05) is 7.11 Å². The van der Waals surface area contributed by atoms with Crippen molar-refractivity contribution < 1.29 is 19.7 Å². The highest BCUT2D eigenvalue weighted by atomic mass is 35.5. The Kier molecular flexibility index (Phi) is 5.63. The minimum absolute atomic E-state index is 0. The van der Waals surface area contributed by atoms with Gasteiger partial charge in [0.2, 0.25) is 0 Å². The number of carbonyl (C=O) groups excluding carboxylic acids is 1. The second-order valence-corrected chi connectivity index (χ2v) is 3.10. The number of halogens is 1. The standard InChI is InChI=1S/C10H13NO4.ClH/c1-15-9(13)5-7(11)6-3-2-4-8(12)10(6)14;/h2-4,7,12,14H,5,11H2,1H3;1H/t7-;/m0./s1. The van der Waals surface area contributed by atoms with Crippen LogP contribution in [0.3, 0.4) is 0 Å². The molecule has 0 aliphatic heterocycles. The van der Waals surface area contributed by atoms with Gasteiger partial charge in [-0.05, 0) is 6.07 Å². The number of hydrogen-bond acceptors (Lipinski definition) is 5. The third kappa shape index (κ3) is 3.29. The van der Waals surface area contributed by atoms with Gasteiger partial charge in [0, 0.05) is 11.6 Å². The minimum Gasteiger partial charge on any atom is -0.504 e. The van der Waals surface area contributed by atoms with Crippen LogP contribution in [0.1, 0.15) is 18.0 Å². The second-order valence-electron chi connectivity index (χ2n) is 3.10. The monoisotopic (exact) mass is 247 g/mol. The van der Waals surface area contributed by atoms with Crippen molar-refractivity contribution in [3.8, 4) is 11.5 Å². The first-order chi connectivity index (χ1) is 7.06. The van der Waals surface area contributed by atoms with Crippen molar-refractivity contribution in [1.82, 2.24) is 0 Å². The van der Waals surface area contributed by atoms with E-state index in [1.54, 1.807) is 12.1 Å². The van der Waals surface area contributed by atoms with Gasteiger partial charge in [-0.1, -0.05) is 12.1 Å². The summed E-state index contributed by atoms with van der Waals surface area (Å²) in [6, 6.07) is 3.73. The zero-order chi connectivity index (χ0) is 11.4. The van der Waals surface area contributed by atoms with Crippen molar-refractivity contribution in [2.45, 2.75) is 12.5 Å². The first-order valence-electron chi connectivity index (χ1n) is 4.39. The van der Waals surface area contributed by atoms with Crippen molar-refractivity contribution in [2.24, 2.45) is 5.73 Å². The Morgan fingerprint density at radius 3 is 2.69 bits per heavy atom. The highest BCUT2D eigenvalue weighted by Crippen LogP contribution is 2.32. The molecule has 0 aromatic heterocycles. The van der Waals surface area contributed by atoms with Gasteiger partial charge in [0.1, 0.15) is 0 Å². The molecule has 4 N–H and O–H groups in total. The highest BCUT2D eigenvalue weighted by molar-refractivity contribution is 5.85. The van der Waals surface area contributed by atoms with Crippen LogP contribution < -0.4 is 5.73 Å². The number of methoxy groups -OCH3 is 1. The van der Waals surface area contributed by atoms with Crippen LogP contribution in [0, 0.1) is 0 Å². The summed E-state index contributed by atoms with van der Waals surface area (Å²) in [6.07, 6.45) is -0.0481. The van der Waals surface area contributed by atoms with E-state index in [4.69, 9.17) is 5.73 Å². The van der Waals surface area contributed by atoms with Crippen LogP contribution >= 0.6 is 12.4 Å². The van der Waals surface area contributed by atoms with Crippen LogP contribution in [-0.2, 0) is 9.53 Å². The Labute approximate surface area is 99.2 Å². The first-order valence-corrected chi connectivity index (χ1v) is 4.39. The predicted octanol–water partition coefficient (Wildman–Crippen LogP) is 1.08. The number of aromatic hydroxyl groups is 2. The van der Waals surface area contributed by atoms with E-state index in [9.17, 15) is 15.0 Å². The number of esters is 1. The molecule has 1 rings (SSSR count). The number of rotatable bonds is 3. The zero-order valence-electron chi connectivity index (χ0n) is 8.71. The average Bonchev–Trinajstić information content (AvgIpc) is 2.21.